The average Bonchev–Trinajstić information content (AvgIpc) is 2.58. The molecule has 0 bridgehead atoms. The summed E-state index contributed by atoms with van der Waals surface area (Å²) in [5.74, 6) is 1.05. The minimum absolute atomic E-state index is 0.0498. The molecule has 1 fully saturated rings. The van der Waals surface area contributed by atoms with E-state index < -0.39 is 9.84 Å². The number of benzene rings is 1. The highest BCUT2D eigenvalue weighted by Crippen LogP contribution is 2.18. The molecular weight excluding hydrogens is 340 g/mol. The Morgan fingerprint density at radius 1 is 1.32 bits per heavy atom. The number of sulfone groups is 1. The Balaban J connectivity index is 1.70. The minimum atomic E-state index is -3.00. The third kappa shape index (κ3) is 6.94. The van der Waals surface area contributed by atoms with Gasteiger partial charge in [-0.2, -0.15) is 0 Å². The zero-order chi connectivity index (χ0) is 18.3. The number of rotatable bonds is 7. The number of amides is 2. The van der Waals surface area contributed by atoms with Gasteiger partial charge in [-0.05, 0) is 49.3 Å². The van der Waals surface area contributed by atoms with Crippen molar-refractivity contribution in [3.8, 4) is 5.75 Å². The lowest BCUT2D eigenvalue weighted by Crippen LogP contribution is -2.46. The fourth-order valence-corrected chi connectivity index (χ4v) is 4.33. The normalized spacial score (nSPS) is 18.0. The van der Waals surface area contributed by atoms with Crippen molar-refractivity contribution in [1.82, 2.24) is 10.2 Å². The molecule has 1 aliphatic heterocycles. The molecule has 140 valence electrons. The van der Waals surface area contributed by atoms with Crippen LogP contribution in [0.1, 0.15) is 24.8 Å². The van der Waals surface area contributed by atoms with Crippen LogP contribution in [-0.2, 0) is 16.3 Å². The van der Waals surface area contributed by atoms with Gasteiger partial charge in [0.1, 0.15) is 15.6 Å². The van der Waals surface area contributed by atoms with E-state index in [2.05, 4.69) is 5.32 Å². The Labute approximate surface area is 150 Å². The summed E-state index contributed by atoms with van der Waals surface area (Å²) in [6.45, 7) is 1.83. The topological polar surface area (TPSA) is 75.7 Å². The lowest BCUT2D eigenvalue weighted by atomic mass is 10.0. The Morgan fingerprint density at radius 2 is 2.04 bits per heavy atom. The first-order chi connectivity index (χ1) is 11.9. The Hall–Kier alpha value is -1.76. The zero-order valence-electron chi connectivity index (χ0n) is 15.0. The first-order valence-electron chi connectivity index (χ1n) is 8.71. The number of urea groups is 1. The van der Waals surface area contributed by atoms with Gasteiger partial charge in [0.25, 0.3) is 0 Å². The van der Waals surface area contributed by atoms with E-state index >= 15 is 0 Å². The molecule has 1 aromatic rings. The van der Waals surface area contributed by atoms with E-state index in [-0.39, 0.29) is 17.7 Å². The van der Waals surface area contributed by atoms with Crippen LogP contribution in [0.25, 0.3) is 0 Å². The van der Waals surface area contributed by atoms with Crippen molar-refractivity contribution in [2.75, 3.05) is 38.8 Å². The highest BCUT2D eigenvalue weighted by molar-refractivity contribution is 7.90. The van der Waals surface area contributed by atoms with E-state index in [1.165, 1.54) is 11.8 Å². The van der Waals surface area contributed by atoms with Crippen molar-refractivity contribution in [1.29, 1.82) is 0 Å². The summed E-state index contributed by atoms with van der Waals surface area (Å²) in [6, 6.07) is 7.84. The third-order valence-electron chi connectivity index (χ3n) is 4.42. The number of hydrogen-bond donors (Lipinski definition) is 1. The second-order valence-electron chi connectivity index (χ2n) is 6.73. The summed E-state index contributed by atoms with van der Waals surface area (Å²) < 4.78 is 28.0. The summed E-state index contributed by atoms with van der Waals surface area (Å²) in [5.41, 5.74) is 1.21. The van der Waals surface area contributed by atoms with Gasteiger partial charge >= 0.3 is 6.03 Å². The highest BCUT2D eigenvalue weighted by atomic mass is 32.2. The fourth-order valence-electron chi connectivity index (χ4n) is 3.21. The second-order valence-corrected chi connectivity index (χ2v) is 8.92. The van der Waals surface area contributed by atoms with Crippen LogP contribution in [0.3, 0.4) is 0 Å². The summed E-state index contributed by atoms with van der Waals surface area (Å²) in [4.78, 5) is 14.0. The molecule has 7 heteroatoms. The Kier molecular flexibility index (Phi) is 7.11. The maximum atomic E-state index is 12.3. The monoisotopic (exact) mass is 368 g/mol. The number of hydrogen-bond acceptors (Lipinski definition) is 4. The molecule has 1 aliphatic rings. The van der Waals surface area contributed by atoms with Crippen LogP contribution < -0.4 is 10.1 Å². The number of aryl methyl sites for hydroxylation is 1. The van der Waals surface area contributed by atoms with Crippen LogP contribution in [0.15, 0.2) is 24.3 Å². The quantitative estimate of drug-likeness (QED) is 0.748. The molecule has 0 saturated carbocycles. The Morgan fingerprint density at radius 3 is 2.68 bits per heavy atom. The third-order valence-corrected chi connectivity index (χ3v) is 5.50. The number of methoxy groups -OCH3 is 1. The lowest BCUT2D eigenvalue weighted by Gasteiger charge is -2.32. The van der Waals surface area contributed by atoms with Gasteiger partial charge < -0.3 is 15.0 Å². The van der Waals surface area contributed by atoms with Gasteiger partial charge in [-0.25, -0.2) is 13.2 Å². The van der Waals surface area contributed by atoms with E-state index in [1.54, 1.807) is 12.0 Å². The predicted molar refractivity (Wildman–Crippen MR) is 98.7 cm³/mol. The molecular formula is C18H28N2O4S. The number of nitrogens with one attached hydrogen (secondary N) is 1. The van der Waals surface area contributed by atoms with Crippen LogP contribution in [0, 0.1) is 5.92 Å². The number of carbonyl (C=O) groups excluding carboxylic acids is 1. The largest absolute Gasteiger partial charge is 0.497 e. The molecule has 1 atom stereocenters. The van der Waals surface area contributed by atoms with Gasteiger partial charge in [0, 0.05) is 25.9 Å². The van der Waals surface area contributed by atoms with Gasteiger partial charge in [0.2, 0.25) is 0 Å². The molecule has 0 aromatic heterocycles. The van der Waals surface area contributed by atoms with Gasteiger partial charge in [-0.3, -0.25) is 0 Å². The van der Waals surface area contributed by atoms with Crippen LogP contribution >= 0.6 is 0 Å². The maximum Gasteiger partial charge on any atom is 0.317 e. The van der Waals surface area contributed by atoms with Crippen molar-refractivity contribution in [3.63, 3.8) is 0 Å². The van der Waals surface area contributed by atoms with E-state index in [9.17, 15) is 13.2 Å². The molecule has 0 aliphatic carbocycles. The molecule has 2 rings (SSSR count). The second kappa shape index (κ2) is 9.08. The summed E-state index contributed by atoms with van der Waals surface area (Å²) in [6.07, 6.45) is 4.73. The van der Waals surface area contributed by atoms with Gasteiger partial charge in [0.15, 0.2) is 0 Å². The lowest BCUT2D eigenvalue weighted by molar-refractivity contribution is 0.170. The predicted octanol–water partition coefficient (Wildman–Crippen LogP) is 2.09. The molecule has 25 heavy (non-hydrogen) atoms. The maximum absolute atomic E-state index is 12.3. The van der Waals surface area contributed by atoms with Crippen molar-refractivity contribution in [2.24, 2.45) is 5.92 Å². The SMILES string of the molecule is COc1ccc(CCCNC(=O)N2CCC[C@H](CS(C)(=O)=O)C2)cc1. The molecule has 2 amide bonds. The number of piperidine rings is 1. The first kappa shape index (κ1) is 19.6. The van der Waals surface area contributed by atoms with E-state index in [4.69, 9.17) is 4.74 Å². The molecule has 6 nitrogen and oxygen atoms in total. The van der Waals surface area contributed by atoms with E-state index in [0.717, 1.165) is 31.4 Å². The Bertz CT molecular complexity index is 658. The van der Waals surface area contributed by atoms with E-state index in [0.29, 0.717) is 19.6 Å². The van der Waals surface area contributed by atoms with Crippen LogP contribution in [0.5, 0.6) is 5.75 Å². The fraction of sp³-hybridized carbons (Fsp3) is 0.611. The van der Waals surface area contributed by atoms with Crippen molar-refractivity contribution in [2.45, 2.75) is 25.7 Å². The van der Waals surface area contributed by atoms with Crippen LogP contribution in [0.4, 0.5) is 4.79 Å². The highest BCUT2D eigenvalue weighted by Gasteiger charge is 2.25. The van der Waals surface area contributed by atoms with E-state index in [1.807, 2.05) is 24.3 Å². The minimum Gasteiger partial charge on any atom is -0.497 e. The molecule has 1 saturated heterocycles. The molecule has 0 spiro atoms. The molecule has 1 heterocycles. The number of likely N-dealkylation sites (tertiary alicyclic amines) is 1. The smallest absolute Gasteiger partial charge is 0.317 e. The standard InChI is InChI=1S/C18H28N2O4S/c1-24-17-9-7-15(8-10-17)5-3-11-19-18(21)20-12-4-6-16(13-20)14-25(2,22)23/h7-10,16H,3-6,11-14H2,1-2H3,(H,19,21)/t16-/m0/s1. The van der Waals surface area contributed by atoms with Crippen LogP contribution in [0.2, 0.25) is 0 Å². The number of nitrogens with zero attached hydrogens (tertiary/aromatic N) is 1. The first-order valence-corrected chi connectivity index (χ1v) is 10.8. The molecule has 1 aromatic carbocycles. The molecule has 0 radical (unpaired) electrons. The summed E-state index contributed by atoms with van der Waals surface area (Å²) >= 11 is 0. The van der Waals surface area contributed by atoms with Gasteiger partial charge in [-0.15, -0.1) is 0 Å². The summed E-state index contributed by atoms with van der Waals surface area (Å²) in [7, 11) is -1.35. The summed E-state index contributed by atoms with van der Waals surface area (Å²) in [5, 5.41) is 2.94. The van der Waals surface area contributed by atoms with Crippen molar-refractivity contribution in [3.05, 3.63) is 29.8 Å². The number of ether oxygens (including phenoxy) is 1. The average molecular weight is 368 g/mol. The molecule has 1 N–H and O–H groups in total. The van der Waals surface area contributed by atoms with Crippen molar-refractivity contribution >= 4 is 15.9 Å². The van der Waals surface area contributed by atoms with Crippen LogP contribution in [-0.4, -0.2) is 58.1 Å². The molecule has 0 unspecified atom stereocenters. The van der Waals surface area contributed by atoms with Gasteiger partial charge in [0.05, 0.1) is 12.9 Å². The zero-order valence-corrected chi connectivity index (χ0v) is 15.8. The van der Waals surface area contributed by atoms with Crippen molar-refractivity contribution < 1.29 is 17.9 Å². The van der Waals surface area contributed by atoms with Gasteiger partial charge in [-0.1, -0.05) is 12.1 Å². The number of carbonyl (C=O) groups is 1.